The predicted octanol–water partition coefficient (Wildman–Crippen LogP) is 3.52. The number of nitrogens with zero attached hydrogens (tertiary/aromatic N) is 1. The molecule has 2 nitrogen and oxygen atoms in total. The molecular weight excluding hydrogens is 290 g/mol. The smallest absolute Gasteiger partial charge is 0.314 e. The maximum absolute atomic E-state index is 12.7. The number of hydrogen-bond acceptors (Lipinski definition) is 2. The van der Waals surface area contributed by atoms with Crippen LogP contribution in [0.2, 0.25) is 0 Å². The molecule has 22 heavy (non-hydrogen) atoms. The number of benzene rings is 1. The molecule has 2 heterocycles. The molecule has 2 bridgehead atoms. The average Bonchev–Trinajstić information content (AvgIpc) is 3.28. The highest BCUT2D eigenvalue weighted by atomic mass is 32.2. The topological polar surface area (TPSA) is 20.3 Å². The standard InChI is InChI=1S/C19H18NOS/c21-19-17-13-7-6-12(10-13)16(17)18-14(8-9-20(18)19)11-22-15-4-2-1-3-5-15/h1-7,12-13,16-18H,8-10H2/q+1/t12-,13+,16-,17+,18+/m1/s1. The quantitative estimate of drug-likeness (QED) is 0.473. The third-order valence-corrected chi connectivity index (χ3v) is 6.68. The SMILES string of the molecule is O=C1[C@@H]2[C@@H]([C@@H]3C=C[C@H]2C3)[C@@H]2C(=[C+]Sc3ccccc3)CCN12. The molecule has 0 unspecified atom stereocenters. The summed E-state index contributed by atoms with van der Waals surface area (Å²) in [4.78, 5) is 16.1. The first-order valence-electron chi connectivity index (χ1n) is 8.15. The Morgan fingerprint density at radius 1 is 1.14 bits per heavy atom. The highest BCUT2D eigenvalue weighted by Gasteiger charge is 2.63. The molecule has 2 aliphatic heterocycles. The summed E-state index contributed by atoms with van der Waals surface area (Å²) in [6.07, 6.45) is 6.85. The molecule has 2 aliphatic carbocycles. The van der Waals surface area contributed by atoms with E-state index in [0.717, 1.165) is 13.0 Å². The molecule has 1 amide bonds. The van der Waals surface area contributed by atoms with Crippen LogP contribution in [-0.4, -0.2) is 23.4 Å². The van der Waals surface area contributed by atoms with Crippen LogP contribution in [0.1, 0.15) is 12.8 Å². The van der Waals surface area contributed by atoms with Gasteiger partial charge >= 0.3 is 5.41 Å². The van der Waals surface area contributed by atoms with Crippen LogP contribution in [0.25, 0.3) is 0 Å². The van der Waals surface area contributed by atoms with Crippen molar-refractivity contribution in [3.05, 3.63) is 53.5 Å². The van der Waals surface area contributed by atoms with Crippen LogP contribution in [0.5, 0.6) is 0 Å². The van der Waals surface area contributed by atoms with E-state index < -0.39 is 0 Å². The second kappa shape index (κ2) is 4.71. The third kappa shape index (κ3) is 1.70. The molecule has 3 heteroatoms. The van der Waals surface area contributed by atoms with Gasteiger partial charge in [-0.05, 0) is 30.4 Å². The van der Waals surface area contributed by atoms with Gasteiger partial charge in [0.2, 0.25) is 11.5 Å². The van der Waals surface area contributed by atoms with Crippen LogP contribution in [0.4, 0.5) is 0 Å². The molecule has 0 radical (unpaired) electrons. The monoisotopic (exact) mass is 308 g/mol. The Hall–Kier alpha value is -1.57. The van der Waals surface area contributed by atoms with Gasteiger partial charge in [0.1, 0.15) is 6.04 Å². The molecule has 0 aromatic heterocycles. The molecule has 0 spiro atoms. The maximum atomic E-state index is 12.7. The third-order valence-electron chi connectivity index (χ3n) is 5.81. The van der Waals surface area contributed by atoms with Crippen molar-refractivity contribution in [2.75, 3.05) is 6.54 Å². The Labute approximate surface area is 135 Å². The van der Waals surface area contributed by atoms with Gasteiger partial charge < -0.3 is 4.90 Å². The molecule has 2 saturated heterocycles. The first kappa shape index (κ1) is 12.9. The summed E-state index contributed by atoms with van der Waals surface area (Å²) < 4.78 is 0. The fraction of sp³-hybridized carbons (Fsp3) is 0.421. The molecule has 4 aliphatic rings. The average molecular weight is 308 g/mol. The van der Waals surface area contributed by atoms with Gasteiger partial charge in [0.25, 0.3) is 0 Å². The van der Waals surface area contributed by atoms with E-state index in [1.807, 2.05) is 6.07 Å². The number of fused-ring (bicyclic) bond motifs is 7. The van der Waals surface area contributed by atoms with Gasteiger partial charge in [-0.3, -0.25) is 4.79 Å². The Morgan fingerprint density at radius 3 is 2.82 bits per heavy atom. The summed E-state index contributed by atoms with van der Waals surface area (Å²) in [6.45, 7) is 0.896. The van der Waals surface area contributed by atoms with Crippen molar-refractivity contribution in [3.63, 3.8) is 0 Å². The number of amides is 1. The van der Waals surface area contributed by atoms with Gasteiger partial charge in [0, 0.05) is 18.9 Å². The summed E-state index contributed by atoms with van der Waals surface area (Å²) >= 11 is 1.68. The lowest BCUT2D eigenvalue weighted by molar-refractivity contribution is -0.131. The minimum atomic E-state index is 0.263. The summed E-state index contributed by atoms with van der Waals surface area (Å²) in [5.74, 6) is 2.32. The van der Waals surface area contributed by atoms with Crippen molar-refractivity contribution in [1.82, 2.24) is 4.90 Å². The summed E-state index contributed by atoms with van der Waals surface area (Å²) in [7, 11) is 0. The van der Waals surface area contributed by atoms with Crippen molar-refractivity contribution in [3.8, 4) is 0 Å². The molecule has 1 saturated carbocycles. The second-order valence-electron chi connectivity index (χ2n) is 6.82. The predicted molar refractivity (Wildman–Crippen MR) is 86.9 cm³/mol. The number of rotatable bonds is 2. The van der Waals surface area contributed by atoms with E-state index in [4.69, 9.17) is 0 Å². The van der Waals surface area contributed by atoms with Crippen LogP contribution >= 0.6 is 11.8 Å². The first-order valence-corrected chi connectivity index (χ1v) is 8.97. The Morgan fingerprint density at radius 2 is 1.95 bits per heavy atom. The van der Waals surface area contributed by atoms with E-state index in [2.05, 4.69) is 46.7 Å². The summed E-state index contributed by atoms with van der Waals surface area (Å²) in [5, 5.41) is 3.58. The Kier molecular flexibility index (Phi) is 2.77. The van der Waals surface area contributed by atoms with Gasteiger partial charge in [-0.2, -0.15) is 0 Å². The fourth-order valence-corrected chi connectivity index (χ4v) is 5.72. The van der Waals surface area contributed by atoms with Crippen LogP contribution in [0.3, 0.4) is 0 Å². The molecule has 110 valence electrons. The van der Waals surface area contributed by atoms with Gasteiger partial charge in [0.15, 0.2) is 11.8 Å². The molecule has 5 rings (SSSR count). The largest absolute Gasteiger partial charge is 0.330 e. The zero-order chi connectivity index (χ0) is 14.7. The van der Waals surface area contributed by atoms with Crippen molar-refractivity contribution < 1.29 is 4.79 Å². The fourth-order valence-electron chi connectivity index (χ4n) is 4.96. The molecule has 1 aromatic carbocycles. The van der Waals surface area contributed by atoms with Crippen molar-refractivity contribution in [2.24, 2.45) is 23.7 Å². The summed E-state index contributed by atoms with van der Waals surface area (Å²) in [6, 6.07) is 10.7. The lowest BCUT2D eigenvalue weighted by atomic mass is 9.80. The van der Waals surface area contributed by atoms with Crippen LogP contribution in [0, 0.1) is 29.1 Å². The van der Waals surface area contributed by atoms with Gasteiger partial charge in [-0.15, -0.1) is 0 Å². The molecule has 5 atom stereocenters. The van der Waals surface area contributed by atoms with E-state index >= 15 is 0 Å². The van der Waals surface area contributed by atoms with E-state index in [1.165, 1.54) is 16.9 Å². The van der Waals surface area contributed by atoms with E-state index in [9.17, 15) is 4.79 Å². The first-order chi connectivity index (χ1) is 10.8. The van der Waals surface area contributed by atoms with E-state index in [1.54, 1.807) is 11.8 Å². The van der Waals surface area contributed by atoms with Crippen LogP contribution in [0.15, 0.2) is 53.0 Å². The van der Waals surface area contributed by atoms with Gasteiger partial charge in [-0.25, -0.2) is 0 Å². The highest BCUT2D eigenvalue weighted by molar-refractivity contribution is 8.01. The minimum Gasteiger partial charge on any atom is -0.330 e. The Bertz CT molecular complexity index is 680. The number of hydrogen-bond donors (Lipinski definition) is 0. The minimum absolute atomic E-state index is 0.263. The number of thioether (sulfide) groups is 1. The molecular formula is C19H18NOS+. The van der Waals surface area contributed by atoms with Crippen molar-refractivity contribution in [1.29, 1.82) is 0 Å². The number of carbonyl (C=O) groups is 1. The second-order valence-corrected chi connectivity index (χ2v) is 7.70. The zero-order valence-electron chi connectivity index (χ0n) is 12.3. The van der Waals surface area contributed by atoms with Gasteiger partial charge in [0.05, 0.1) is 10.8 Å². The lowest BCUT2D eigenvalue weighted by Gasteiger charge is -2.21. The Balaban J connectivity index is 1.44. The van der Waals surface area contributed by atoms with Crippen molar-refractivity contribution in [2.45, 2.75) is 23.8 Å². The number of carbonyl (C=O) groups excluding carboxylic acids is 1. The molecule has 3 fully saturated rings. The summed E-state index contributed by atoms with van der Waals surface area (Å²) in [5.41, 5.74) is 1.36. The van der Waals surface area contributed by atoms with Gasteiger partial charge in [-0.1, -0.05) is 30.4 Å². The van der Waals surface area contributed by atoms with Crippen LogP contribution < -0.4 is 0 Å². The van der Waals surface area contributed by atoms with Crippen molar-refractivity contribution >= 4 is 17.7 Å². The normalized spacial score (nSPS) is 39.5. The zero-order valence-corrected chi connectivity index (χ0v) is 13.1. The van der Waals surface area contributed by atoms with E-state index in [0.29, 0.717) is 29.7 Å². The lowest BCUT2D eigenvalue weighted by Crippen LogP contribution is -2.31. The molecule has 0 N–H and O–H groups in total. The van der Waals surface area contributed by atoms with Crippen LogP contribution in [-0.2, 0) is 4.79 Å². The molecule has 1 aromatic rings. The van der Waals surface area contributed by atoms with E-state index in [-0.39, 0.29) is 5.92 Å². The maximum Gasteiger partial charge on any atom is 0.314 e. The highest BCUT2D eigenvalue weighted by Crippen LogP contribution is 2.57. The number of allylic oxidation sites excluding steroid dienone is 2.